The molecule has 0 bridgehead atoms. The van der Waals surface area contributed by atoms with Crippen LogP contribution in [0, 0.1) is 11.8 Å². The molecule has 20 heavy (non-hydrogen) atoms. The zero-order valence-corrected chi connectivity index (χ0v) is 13.6. The summed E-state index contributed by atoms with van der Waals surface area (Å²) in [7, 11) is 1.82. The van der Waals surface area contributed by atoms with Gasteiger partial charge in [0.05, 0.1) is 0 Å². The number of allylic oxidation sites excluding steroid dienone is 1. The van der Waals surface area contributed by atoms with Gasteiger partial charge in [0, 0.05) is 19.7 Å². The minimum absolute atomic E-state index is 0.0715. The van der Waals surface area contributed by atoms with Gasteiger partial charge in [-0.25, -0.2) is 0 Å². The topological polar surface area (TPSA) is 37.4 Å². The van der Waals surface area contributed by atoms with Gasteiger partial charge in [-0.3, -0.25) is 9.59 Å². The maximum Gasteiger partial charge on any atom is 0.246 e. The van der Waals surface area contributed by atoms with E-state index in [9.17, 15) is 9.59 Å². The smallest absolute Gasteiger partial charge is 0.246 e. The Bertz CT molecular complexity index is 291. The van der Waals surface area contributed by atoms with Gasteiger partial charge in [-0.1, -0.05) is 46.5 Å². The summed E-state index contributed by atoms with van der Waals surface area (Å²) in [5.74, 6) is 1.47. The van der Waals surface area contributed by atoms with E-state index in [0.717, 1.165) is 12.5 Å². The van der Waals surface area contributed by atoms with E-state index in [1.54, 1.807) is 4.90 Å². The van der Waals surface area contributed by atoms with Crippen LogP contribution >= 0.6 is 0 Å². The summed E-state index contributed by atoms with van der Waals surface area (Å²) in [5.41, 5.74) is 0. The fourth-order valence-corrected chi connectivity index (χ4v) is 2.84. The van der Waals surface area contributed by atoms with Gasteiger partial charge < -0.3 is 4.90 Å². The minimum Gasteiger partial charge on any atom is -0.342 e. The first-order chi connectivity index (χ1) is 9.67. The number of nitrogens with zero attached hydrogens (tertiary/aromatic N) is 1. The maximum absolute atomic E-state index is 11.6. The van der Waals surface area contributed by atoms with Crippen molar-refractivity contribution < 1.29 is 9.59 Å². The van der Waals surface area contributed by atoms with Crippen LogP contribution in [-0.2, 0) is 9.59 Å². The van der Waals surface area contributed by atoms with E-state index in [1.165, 1.54) is 50.7 Å². The molecule has 1 amide bonds. The third-order valence-electron chi connectivity index (χ3n) is 3.89. The third kappa shape index (κ3) is 7.46. The maximum atomic E-state index is 11.6. The SMILES string of the molecule is CC.CCCC1CCC(CN(C)C(=O)/C=C\C=O)CC1. The number of likely N-dealkylation sites (N-methyl/N-ethyl adjacent to an activating group) is 1. The summed E-state index contributed by atoms with van der Waals surface area (Å²) in [6.07, 6.45) is 11.0. The van der Waals surface area contributed by atoms with Crippen molar-refractivity contribution in [3.8, 4) is 0 Å². The van der Waals surface area contributed by atoms with E-state index >= 15 is 0 Å². The van der Waals surface area contributed by atoms with Crippen molar-refractivity contribution in [1.82, 2.24) is 4.90 Å². The summed E-state index contributed by atoms with van der Waals surface area (Å²) in [5, 5.41) is 0. The zero-order chi connectivity index (χ0) is 15.4. The lowest BCUT2D eigenvalue weighted by atomic mass is 9.80. The normalized spacial score (nSPS) is 22.0. The zero-order valence-electron chi connectivity index (χ0n) is 13.6. The molecule has 0 radical (unpaired) electrons. The molecule has 0 aromatic heterocycles. The van der Waals surface area contributed by atoms with Crippen LogP contribution in [0.5, 0.6) is 0 Å². The molecule has 1 aliphatic rings. The van der Waals surface area contributed by atoms with Crippen LogP contribution in [0.15, 0.2) is 12.2 Å². The van der Waals surface area contributed by atoms with Crippen molar-refractivity contribution in [2.24, 2.45) is 11.8 Å². The van der Waals surface area contributed by atoms with E-state index in [0.29, 0.717) is 12.2 Å². The van der Waals surface area contributed by atoms with Crippen molar-refractivity contribution in [2.75, 3.05) is 13.6 Å². The lowest BCUT2D eigenvalue weighted by molar-refractivity contribution is -0.125. The second kappa shape index (κ2) is 11.7. The molecule has 0 spiro atoms. The molecule has 0 aromatic rings. The monoisotopic (exact) mass is 281 g/mol. The first-order valence-corrected chi connectivity index (χ1v) is 8.04. The van der Waals surface area contributed by atoms with Crippen molar-refractivity contribution in [3.05, 3.63) is 12.2 Å². The second-order valence-electron chi connectivity index (χ2n) is 5.39. The average Bonchev–Trinajstić information content (AvgIpc) is 2.49. The summed E-state index contributed by atoms with van der Waals surface area (Å²) < 4.78 is 0. The molecule has 1 aliphatic carbocycles. The summed E-state index contributed by atoms with van der Waals surface area (Å²) >= 11 is 0. The van der Waals surface area contributed by atoms with Crippen molar-refractivity contribution in [1.29, 1.82) is 0 Å². The van der Waals surface area contributed by atoms with E-state index in [-0.39, 0.29) is 5.91 Å². The number of hydrogen-bond acceptors (Lipinski definition) is 2. The average molecular weight is 281 g/mol. The van der Waals surface area contributed by atoms with Crippen LogP contribution in [0.4, 0.5) is 0 Å². The highest BCUT2D eigenvalue weighted by Gasteiger charge is 2.22. The highest BCUT2D eigenvalue weighted by Crippen LogP contribution is 2.31. The van der Waals surface area contributed by atoms with Crippen molar-refractivity contribution >= 4 is 12.2 Å². The predicted octanol–water partition coefficient (Wildman–Crippen LogP) is 3.83. The van der Waals surface area contributed by atoms with Gasteiger partial charge in [-0.05, 0) is 30.8 Å². The number of aldehydes is 1. The molecule has 1 saturated carbocycles. The molecule has 0 saturated heterocycles. The number of hydrogen-bond donors (Lipinski definition) is 0. The molecule has 1 rings (SSSR count). The standard InChI is InChI=1S/C15H25NO2.C2H6/c1-3-5-13-7-9-14(10-8-13)12-16(2)15(18)6-4-11-17;1-2/h4,6,11,13-14H,3,5,7-10,12H2,1-2H3;1-2H3/b6-4-;. The van der Waals surface area contributed by atoms with Gasteiger partial charge in [-0.15, -0.1) is 0 Å². The molecule has 0 aromatic carbocycles. The Morgan fingerprint density at radius 1 is 1.15 bits per heavy atom. The largest absolute Gasteiger partial charge is 0.342 e. The van der Waals surface area contributed by atoms with Crippen LogP contribution < -0.4 is 0 Å². The van der Waals surface area contributed by atoms with Crippen LogP contribution in [0.25, 0.3) is 0 Å². The van der Waals surface area contributed by atoms with Crippen molar-refractivity contribution in [2.45, 2.75) is 59.3 Å². The minimum atomic E-state index is -0.0715. The van der Waals surface area contributed by atoms with E-state index in [1.807, 2.05) is 20.9 Å². The van der Waals surface area contributed by atoms with E-state index < -0.39 is 0 Å². The second-order valence-corrected chi connectivity index (χ2v) is 5.39. The molecule has 0 unspecified atom stereocenters. The molecule has 0 atom stereocenters. The molecule has 3 nitrogen and oxygen atoms in total. The Balaban J connectivity index is 0.00000172. The molecule has 0 heterocycles. The molecule has 1 fully saturated rings. The third-order valence-corrected chi connectivity index (χ3v) is 3.89. The Morgan fingerprint density at radius 2 is 1.70 bits per heavy atom. The van der Waals surface area contributed by atoms with Gasteiger partial charge in [0.25, 0.3) is 0 Å². The van der Waals surface area contributed by atoms with Gasteiger partial charge in [0.15, 0.2) is 0 Å². The highest BCUT2D eigenvalue weighted by atomic mass is 16.2. The lowest BCUT2D eigenvalue weighted by Crippen LogP contribution is -2.32. The summed E-state index contributed by atoms with van der Waals surface area (Å²) in [4.78, 5) is 23.5. The lowest BCUT2D eigenvalue weighted by Gasteiger charge is -2.30. The predicted molar refractivity (Wildman–Crippen MR) is 84.5 cm³/mol. The number of amides is 1. The summed E-state index contributed by atoms with van der Waals surface area (Å²) in [6.45, 7) is 7.07. The Labute approximate surface area is 124 Å². The van der Waals surface area contributed by atoms with Crippen LogP contribution in [0.2, 0.25) is 0 Å². The Hall–Kier alpha value is -1.12. The first-order valence-electron chi connectivity index (χ1n) is 8.04. The molecule has 0 aliphatic heterocycles. The fourth-order valence-electron chi connectivity index (χ4n) is 2.84. The quantitative estimate of drug-likeness (QED) is 0.548. The highest BCUT2D eigenvalue weighted by molar-refractivity contribution is 5.90. The molecule has 3 heteroatoms. The van der Waals surface area contributed by atoms with Crippen LogP contribution in [0.3, 0.4) is 0 Å². The van der Waals surface area contributed by atoms with Crippen LogP contribution in [0.1, 0.15) is 59.3 Å². The van der Waals surface area contributed by atoms with Crippen molar-refractivity contribution in [3.63, 3.8) is 0 Å². The Kier molecular flexibility index (Phi) is 11.0. The molecular weight excluding hydrogens is 250 g/mol. The first kappa shape index (κ1) is 18.9. The van der Waals surface area contributed by atoms with E-state index in [2.05, 4.69) is 6.92 Å². The van der Waals surface area contributed by atoms with Crippen LogP contribution in [-0.4, -0.2) is 30.7 Å². The molecular formula is C17H31NO2. The number of carbonyl (C=O) groups excluding carboxylic acids is 2. The van der Waals surface area contributed by atoms with Gasteiger partial charge in [-0.2, -0.15) is 0 Å². The molecule has 0 N–H and O–H groups in total. The van der Waals surface area contributed by atoms with Gasteiger partial charge in [0.1, 0.15) is 6.29 Å². The fraction of sp³-hybridized carbons (Fsp3) is 0.765. The summed E-state index contributed by atoms with van der Waals surface area (Å²) in [6, 6.07) is 0. The van der Waals surface area contributed by atoms with Gasteiger partial charge in [0.2, 0.25) is 5.91 Å². The number of rotatable bonds is 6. The van der Waals surface area contributed by atoms with Gasteiger partial charge >= 0.3 is 0 Å². The Morgan fingerprint density at radius 3 is 2.20 bits per heavy atom. The van der Waals surface area contributed by atoms with E-state index in [4.69, 9.17) is 0 Å². The number of carbonyl (C=O) groups is 2. The molecule has 116 valence electrons.